The van der Waals surface area contributed by atoms with Crippen LogP contribution < -0.4 is 10.0 Å². The highest BCUT2D eigenvalue weighted by Gasteiger charge is 2.18. The van der Waals surface area contributed by atoms with Crippen molar-refractivity contribution >= 4 is 16.0 Å². The lowest BCUT2D eigenvalue weighted by Crippen LogP contribution is -2.32. The minimum Gasteiger partial charge on any atom is -0.355 e. The van der Waals surface area contributed by atoms with Gasteiger partial charge in [0, 0.05) is 12.6 Å². The zero-order valence-electron chi connectivity index (χ0n) is 12.4. The summed E-state index contributed by atoms with van der Waals surface area (Å²) in [7, 11) is -3.53. The second-order valence-corrected chi connectivity index (χ2v) is 6.50. The molecular weight excluding hydrogens is 276 g/mol. The quantitative estimate of drug-likeness (QED) is 0.683. The number of nitrogens with zero attached hydrogens (tertiary/aromatic N) is 2. The molecule has 0 spiro atoms. The highest BCUT2D eigenvalue weighted by molar-refractivity contribution is 7.89. The van der Waals surface area contributed by atoms with Crippen molar-refractivity contribution in [3.8, 4) is 0 Å². The molecule has 0 saturated carbocycles. The Morgan fingerprint density at radius 1 is 1.20 bits per heavy atom. The fraction of sp³-hybridized carbons (Fsp3) is 0.692. The molecule has 0 amide bonds. The summed E-state index contributed by atoms with van der Waals surface area (Å²) in [5.41, 5.74) is 0. The van der Waals surface area contributed by atoms with Gasteiger partial charge in [0.2, 0.25) is 16.0 Å². The Kier molecular flexibility index (Phi) is 6.87. The maximum Gasteiger partial charge on any atom is 0.243 e. The van der Waals surface area contributed by atoms with Crippen LogP contribution >= 0.6 is 0 Å². The predicted octanol–water partition coefficient (Wildman–Crippen LogP) is 2.16. The molecular formula is C13H24N4O2S. The van der Waals surface area contributed by atoms with Crippen LogP contribution in [0.25, 0.3) is 0 Å². The highest BCUT2D eigenvalue weighted by Crippen LogP contribution is 2.10. The molecule has 1 aromatic heterocycles. The fourth-order valence-electron chi connectivity index (χ4n) is 1.80. The van der Waals surface area contributed by atoms with Crippen molar-refractivity contribution in [2.24, 2.45) is 0 Å². The Hall–Kier alpha value is -1.21. The van der Waals surface area contributed by atoms with Gasteiger partial charge in [-0.05, 0) is 20.3 Å². The maximum absolute atomic E-state index is 12.1. The molecule has 1 atom stereocenters. The summed E-state index contributed by atoms with van der Waals surface area (Å²) in [5, 5.41) is 2.92. The van der Waals surface area contributed by atoms with E-state index in [-0.39, 0.29) is 10.9 Å². The van der Waals surface area contributed by atoms with Crippen molar-refractivity contribution < 1.29 is 8.42 Å². The minimum atomic E-state index is -3.53. The average molecular weight is 300 g/mol. The van der Waals surface area contributed by atoms with Crippen LogP contribution in [0.1, 0.15) is 46.5 Å². The molecule has 0 bridgehead atoms. The molecule has 0 saturated heterocycles. The predicted molar refractivity (Wildman–Crippen MR) is 80.1 cm³/mol. The Bertz CT molecular complexity index is 488. The molecule has 1 rings (SSSR count). The van der Waals surface area contributed by atoms with E-state index >= 15 is 0 Å². The number of hydrogen-bond donors (Lipinski definition) is 2. The van der Waals surface area contributed by atoms with Crippen molar-refractivity contribution in [3.05, 3.63) is 12.4 Å². The standard InChI is InChI=1S/C13H24N4O2S/c1-4-6-7-8-11(3)17-20(18,19)12-9-15-13(14-5-2)16-10-12/h9-11,17H,4-8H2,1-3H3,(H,14,15,16). The van der Waals surface area contributed by atoms with Gasteiger partial charge in [0.15, 0.2) is 0 Å². The van der Waals surface area contributed by atoms with E-state index in [0.717, 1.165) is 25.7 Å². The first-order valence-electron chi connectivity index (χ1n) is 7.07. The summed E-state index contributed by atoms with van der Waals surface area (Å²) >= 11 is 0. The van der Waals surface area contributed by atoms with E-state index < -0.39 is 10.0 Å². The first-order chi connectivity index (χ1) is 9.49. The second-order valence-electron chi connectivity index (χ2n) is 4.79. The number of anilines is 1. The van der Waals surface area contributed by atoms with Crippen LogP contribution in [0.4, 0.5) is 5.95 Å². The van der Waals surface area contributed by atoms with Crippen molar-refractivity contribution in [2.45, 2.75) is 57.4 Å². The number of aromatic nitrogens is 2. The number of nitrogens with one attached hydrogen (secondary N) is 2. The van der Waals surface area contributed by atoms with Gasteiger partial charge in [-0.25, -0.2) is 23.1 Å². The van der Waals surface area contributed by atoms with Crippen LogP contribution in [-0.2, 0) is 10.0 Å². The van der Waals surface area contributed by atoms with Gasteiger partial charge in [-0.3, -0.25) is 0 Å². The van der Waals surface area contributed by atoms with Gasteiger partial charge in [0.25, 0.3) is 0 Å². The molecule has 114 valence electrons. The average Bonchev–Trinajstić information content (AvgIpc) is 2.39. The summed E-state index contributed by atoms with van der Waals surface area (Å²) < 4.78 is 26.9. The second kappa shape index (κ2) is 8.16. The van der Waals surface area contributed by atoms with E-state index in [4.69, 9.17) is 0 Å². The van der Waals surface area contributed by atoms with E-state index in [0.29, 0.717) is 12.5 Å². The third kappa shape index (κ3) is 5.42. The zero-order chi connectivity index (χ0) is 15.0. The molecule has 2 N–H and O–H groups in total. The van der Waals surface area contributed by atoms with Gasteiger partial charge >= 0.3 is 0 Å². The molecule has 0 aliphatic carbocycles. The Labute approximate surface area is 121 Å². The number of unbranched alkanes of at least 4 members (excludes halogenated alkanes) is 2. The van der Waals surface area contributed by atoms with E-state index in [1.165, 1.54) is 12.4 Å². The summed E-state index contributed by atoms with van der Waals surface area (Å²) in [5.74, 6) is 0.433. The number of sulfonamides is 1. The molecule has 0 radical (unpaired) electrons. The summed E-state index contributed by atoms with van der Waals surface area (Å²) in [6.07, 6.45) is 6.75. The highest BCUT2D eigenvalue weighted by atomic mass is 32.2. The van der Waals surface area contributed by atoms with E-state index in [1.807, 2.05) is 13.8 Å². The van der Waals surface area contributed by atoms with E-state index in [9.17, 15) is 8.42 Å². The molecule has 0 aliphatic rings. The van der Waals surface area contributed by atoms with Crippen LogP contribution in [0.3, 0.4) is 0 Å². The van der Waals surface area contributed by atoms with Gasteiger partial charge in [-0.15, -0.1) is 0 Å². The van der Waals surface area contributed by atoms with Gasteiger partial charge in [-0.1, -0.05) is 26.2 Å². The summed E-state index contributed by atoms with van der Waals surface area (Å²) in [6, 6.07) is -0.0833. The summed E-state index contributed by atoms with van der Waals surface area (Å²) in [4.78, 5) is 8.05. The normalized spacial score (nSPS) is 13.2. The zero-order valence-corrected chi connectivity index (χ0v) is 13.2. The Morgan fingerprint density at radius 2 is 1.85 bits per heavy atom. The smallest absolute Gasteiger partial charge is 0.243 e. The maximum atomic E-state index is 12.1. The van der Waals surface area contributed by atoms with Crippen LogP contribution in [0.2, 0.25) is 0 Å². The lowest BCUT2D eigenvalue weighted by molar-refractivity contribution is 0.527. The van der Waals surface area contributed by atoms with E-state index in [2.05, 4.69) is 26.9 Å². The van der Waals surface area contributed by atoms with Crippen LogP contribution in [0, 0.1) is 0 Å². The minimum absolute atomic E-state index is 0.0833. The first kappa shape index (κ1) is 16.8. The van der Waals surface area contributed by atoms with Crippen molar-refractivity contribution in [3.63, 3.8) is 0 Å². The lowest BCUT2D eigenvalue weighted by Gasteiger charge is -2.13. The molecule has 0 aromatic carbocycles. The van der Waals surface area contributed by atoms with Crippen LogP contribution in [0.5, 0.6) is 0 Å². The van der Waals surface area contributed by atoms with Gasteiger partial charge < -0.3 is 5.32 Å². The largest absolute Gasteiger partial charge is 0.355 e. The van der Waals surface area contributed by atoms with Crippen molar-refractivity contribution in [2.75, 3.05) is 11.9 Å². The van der Waals surface area contributed by atoms with Crippen molar-refractivity contribution in [1.82, 2.24) is 14.7 Å². The third-order valence-corrected chi connectivity index (χ3v) is 4.41. The molecule has 1 unspecified atom stereocenters. The molecule has 7 heteroatoms. The Balaban J connectivity index is 2.63. The number of hydrogen-bond acceptors (Lipinski definition) is 5. The topological polar surface area (TPSA) is 84.0 Å². The van der Waals surface area contributed by atoms with Crippen LogP contribution in [0.15, 0.2) is 17.3 Å². The molecule has 1 aromatic rings. The number of rotatable bonds is 9. The van der Waals surface area contributed by atoms with Crippen molar-refractivity contribution in [1.29, 1.82) is 0 Å². The molecule has 0 aliphatic heterocycles. The first-order valence-corrected chi connectivity index (χ1v) is 8.56. The lowest BCUT2D eigenvalue weighted by atomic mass is 10.1. The fourth-order valence-corrected chi connectivity index (χ4v) is 2.96. The van der Waals surface area contributed by atoms with Crippen LogP contribution in [-0.4, -0.2) is 31.0 Å². The molecule has 6 nitrogen and oxygen atoms in total. The van der Waals surface area contributed by atoms with Gasteiger partial charge in [0.1, 0.15) is 4.90 Å². The van der Waals surface area contributed by atoms with Gasteiger partial charge in [0.05, 0.1) is 12.4 Å². The molecule has 0 fully saturated rings. The molecule has 1 heterocycles. The monoisotopic (exact) mass is 300 g/mol. The SMILES string of the molecule is CCCCCC(C)NS(=O)(=O)c1cnc(NCC)nc1. The summed E-state index contributed by atoms with van der Waals surface area (Å²) in [6.45, 7) is 6.62. The van der Waals surface area contributed by atoms with Gasteiger partial charge in [-0.2, -0.15) is 0 Å². The third-order valence-electron chi connectivity index (χ3n) is 2.87. The molecule has 20 heavy (non-hydrogen) atoms. The van der Waals surface area contributed by atoms with E-state index in [1.54, 1.807) is 0 Å². The Morgan fingerprint density at radius 3 is 2.40 bits per heavy atom.